The van der Waals surface area contributed by atoms with Crippen LogP contribution in [0.4, 0.5) is 0 Å². The maximum Gasteiger partial charge on any atom is 0.235 e. The second-order valence-corrected chi connectivity index (χ2v) is 3.20. The maximum atomic E-state index is 11.8. The number of aromatic nitrogens is 2. The van der Waals surface area contributed by atoms with E-state index in [4.69, 9.17) is 0 Å². The van der Waals surface area contributed by atoms with Crippen LogP contribution in [-0.4, -0.2) is 15.5 Å². The highest BCUT2D eigenvalue weighted by Crippen LogP contribution is 2.11. The van der Waals surface area contributed by atoms with Crippen LogP contribution in [0, 0.1) is 12.8 Å². The van der Waals surface area contributed by atoms with E-state index in [0.29, 0.717) is 0 Å². The Hall–Kier alpha value is -1.12. The first-order chi connectivity index (χ1) is 6.20. The smallest absolute Gasteiger partial charge is 0.235 e. The first-order valence-electron chi connectivity index (χ1n) is 4.74. The highest BCUT2D eigenvalue weighted by atomic mass is 16.2. The average molecular weight is 180 g/mol. The summed E-state index contributed by atoms with van der Waals surface area (Å²) in [5, 5.41) is 0. The number of hydrogen-bond acceptors (Lipinski definition) is 2. The van der Waals surface area contributed by atoms with Crippen LogP contribution in [0.5, 0.6) is 0 Å². The van der Waals surface area contributed by atoms with Gasteiger partial charge in [-0.05, 0) is 19.8 Å². The van der Waals surface area contributed by atoms with Crippen molar-refractivity contribution >= 4 is 5.91 Å². The van der Waals surface area contributed by atoms with Crippen molar-refractivity contribution in [2.75, 3.05) is 0 Å². The molecule has 0 aliphatic heterocycles. The molecule has 0 aliphatic carbocycles. The molecule has 0 amide bonds. The molecule has 0 aromatic carbocycles. The minimum absolute atomic E-state index is 0.132. The molecular formula is C10H16N2O. The zero-order valence-corrected chi connectivity index (χ0v) is 8.45. The molecule has 0 N–H and O–H groups in total. The van der Waals surface area contributed by atoms with Crippen LogP contribution < -0.4 is 0 Å². The molecule has 0 atom stereocenters. The molecule has 0 saturated carbocycles. The van der Waals surface area contributed by atoms with Crippen molar-refractivity contribution in [2.45, 2.75) is 33.6 Å². The summed E-state index contributed by atoms with van der Waals surface area (Å²) in [6, 6.07) is 0. The van der Waals surface area contributed by atoms with E-state index in [9.17, 15) is 4.79 Å². The Labute approximate surface area is 78.8 Å². The molecule has 1 aromatic heterocycles. The summed E-state index contributed by atoms with van der Waals surface area (Å²) < 4.78 is 1.64. The van der Waals surface area contributed by atoms with Gasteiger partial charge in [-0.15, -0.1) is 0 Å². The second-order valence-electron chi connectivity index (χ2n) is 3.20. The van der Waals surface area contributed by atoms with Gasteiger partial charge in [0, 0.05) is 18.3 Å². The van der Waals surface area contributed by atoms with Gasteiger partial charge in [0.15, 0.2) is 0 Å². The zero-order chi connectivity index (χ0) is 9.84. The molecule has 13 heavy (non-hydrogen) atoms. The number of hydrogen-bond donors (Lipinski definition) is 0. The number of nitrogens with zero attached hydrogens (tertiary/aromatic N) is 2. The zero-order valence-electron chi connectivity index (χ0n) is 8.45. The van der Waals surface area contributed by atoms with Gasteiger partial charge in [0.05, 0.1) is 0 Å². The van der Waals surface area contributed by atoms with Gasteiger partial charge in [-0.25, -0.2) is 4.98 Å². The predicted molar refractivity (Wildman–Crippen MR) is 51.7 cm³/mol. The molecule has 1 rings (SSSR count). The van der Waals surface area contributed by atoms with Gasteiger partial charge in [0.1, 0.15) is 5.82 Å². The summed E-state index contributed by atoms with van der Waals surface area (Å²) >= 11 is 0. The summed E-state index contributed by atoms with van der Waals surface area (Å²) in [5.41, 5.74) is 0. The van der Waals surface area contributed by atoms with Crippen molar-refractivity contribution in [3.8, 4) is 0 Å². The van der Waals surface area contributed by atoms with Gasteiger partial charge >= 0.3 is 0 Å². The molecule has 1 heterocycles. The summed E-state index contributed by atoms with van der Waals surface area (Å²) in [7, 11) is 0. The van der Waals surface area contributed by atoms with E-state index in [2.05, 4.69) is 4.98 Å². The molecular weight excluding hydrogens is 164 g/mol. The SMILES string of the molecule is CCC(CC)C(=O)n1ccnc1C. The first-order valence-corrected chi connectivity index (χ1v) is 4.74. The maximum absolute atomic E-state index is 11.8. The van der Waals surface area contributed by atoms with Gasteiger partial charge in [0.2, 0.25) is 5.91 Å². The number of carbonyl (C=O) groups is 1. The fourth-order valence-electron chi connectivity index (χ4n) is 1.45. The fraction of sp³-hybridized carbons (Fsp3) is 0.600. The van der Waals surface area contributed by atoms with Crippen LogP contribution in [0.15, 0.2) is 12.4 Å². The highest BCUT2D eigenvalue weighted by molar-refractivity contribution is 5.81. The molecule has 0 unspecified atom stereocenters. The Morgan fingerprint density at radius 1 is 1.54 bits per heavy atom. The van der Waals surface area contributed by atoms with E-state index in [0.717, 1.165) is 18.7 Å². The first kappa shape index (κ1) is 9.96. The molecule has 0 saturated heterocycles. The molecule has 3 nitrogen and oxygen atoms in total. The largest absolute Gasteiger partial charge is 0.274 e. The second kappa shape index (κ2) is 4.21. The van der Waals surface area contributed by atoms with Gasteiger partial charge < -0.3 is 0 Å². The summed E-state index contributed by atoms with van der Waals surface area (Å²) in [6.45, 7) is 5.93. The number of rotatable bonds is 3. The Morgan fingerprint density at radius 2 is 2.15 bits per heavy atom. The number of aryl methyl sites for hydroxylation is 1. The van der Waals surface area contributed by atoms with E-state index < -0.39 is 0 Å². The normalized spacial score (nSPS) is 10.8. The molecule has 0 spiro atoms. The van der Waals surface area contributed by atoms with Gasteiger partial charge in [-0.3, -0.25) is 9.36 Å². The lowest BCUT2D eigenvalue weighted by molar-refractivity contribution is 0.0824. The van der Waals surface area contributed by atoms with Crippen LogP contribution in [0.1, 0.15) is 37.3 Å². The highest BCUT2D eigenvalue weighted by Gasteiger charge is 2.16. The van der Waals surface area contributed by atoms with Crippen LogP contribution in [0.25, 0.3) is 0 Å². The van der Waals surface area contributed by atoms with E-state index in [1.165, 1.54) is 0 Å². The lowest BCUT2D eigenvalue weighted by Gasteiger charge is -2.11. The number of imidazole rings is 1. The van der Waals surface area contributed by atoms with Gasteiger partial charge in [0.25, 0.3) is 0 Å². The van der Waals surface area contributed by atoms with Gasteiger partial charge in [-0.2, -0.15) is 0 Å². The van der Waals surface area contributed by atoms with Crippen molar-refractivity contribution < 1.29 is 4.79 Å². The van der Waals surface area contributed by atoms with Crippen LogP contribution in [0.2, 0.25) is 0 Å². The molecule has 0 aliphatic rings. The van der Waals surface area contributed by atoms with Crippen LogP contribution >= 0.6 is 0 Å². The Kier molecular flexibility index (Phi) is 3.23. The molecule has 0 radical (unpaired) electrons. The standard InChI is InChI=1S/C10H16N2O/c1-4-9(5-2)10(13)12-7-6-11-8(12)3/h6-7,9H,4-5H2,1-3H3. The monoisotopic (exact) mass is 180 g/mol. The van der Waals surface area contributed by atoms with Crippen LogP contribution in [-0.2, 0) is 0 Å². The third-order valence-electron chi connectivity index (χ3n) is 2.40. The van der Waals surface area contributed by atoms with E-state index in [1.807, 2.05) is 20.8 Å². The Bertz CT molecular complexity index is 287. The third-order valence-corrected chi connectivity index (χ3v) is 2.40. The number of carbonyl (C=O) groups excluding carboxylic acids is 1. The molecule has 1 aromatic rings. The Balaban J connectivity index is 2.84. The van der Waals surface area contributed by atoms with Crippen LogP contribution in [0.3, 0.4) is 0 Å². The molecule has 0 bridgehead atoms. The fourth-order valence-corrected chi connectivity index (χ4v) is 1.45. The molecule has 0 fully saturated rings. The van der Waals surface area contributed by atoms with E-state index in [-0.39, 0.29) is 11.8 Å². The van der Waals surface area contributed by atoms with Crippen molar-refractivity contribution in [1.82, 2.24) is 9.55 Å². The van der Waals surface area contributed by atoms with Gasteiger partial charge in [-0.1, -0.05) is 13.8 Å². The lowest BCUT2D eigenvalue weighted by Crippen LogP contribution is -2.21. The molecule has 3 heteroatoms. The summed E-state index contributed by atoms with van der Waals surface area (Å²) in [5.74, 6) is 1.07. The summed E-state index contributed by atoms with van der Waals surface area (Å²) in [6.07, 6.45) is 5.19. The van der Waals surface area contributed by atoms with Crippen molar-refractivity contribution in [2.24, 2.45) is 5.92 Å². The lowest BCUT2D eigenvalue weighted by atomic mass is 10.0. The topological polar surface area (TPSA) is 34.9 Å². The predicted octanol–water partition coefficient (Wildman–Crippen LogP) is 2.27. The summed E-state index contributed by atoms with van der Waals surface area (Å²) in [4.78, 5) is 15.8. The van der Waals surface area contributed by atoms with Crippen molar-refractivity contribution in [1.29, 1.82) is 0 Å². The third kappa shape index (κ3) is 1.97. The average Bonchev–Trinajstić information content (AvgIpc) is 2.53. The quantitative estimate of drug-likeness (QED) is 0.715. The van der Waals surface area contributed by atoms with E-state index >= 15 is 0 Å². The minimum Gasteiger partial charge on any atom is -0.274 e. The minimum atomic E-state index is 0.132. The van der Waals surface area contributed by atoms with Crippen molar-refractivity contribution in [3.63, 3.8) is 0 Å². The van der Waals surface area contributed by atoms with Crippen molar-refractivity contribution in [3.05, 3.63) is 18.2 Å². The van der Waals surface area contributed by atoms with E-state index in [1.54, 1.807) is 17.0 Å². The molecule has 72 valence electrons. The Morgan fingerprint density at radius 3 is 2.54 bits per heavy atom.